The molecule has 0 radical (unpaired) electrons. The molecule has 1 amide bonds. The number of hydrogen-bond donors (Lipinski definition) is 1. The third-order valence-corrected chi connectivity index (χ3v) is 6.39. The van der Waals surface area contributed by atoms with Gasteiger partial charge in [-0.2, -0.15) is 0 Å². The fourth-order valence-corrected chi connectivity index (χ4v) is 4.62. The summed E-state index contributed by atoms with van der Waals surface area (Å²) < 4.78 is 21.8. The Morgan fingerprint density at radius 1 is 0.944 bits per heavy atom. The maximum absolute atomic E-state index is 13.3. The molecule has 1 saturated heterocycles. The summed E-state index contributed by atoms with van der Waals surface area (Å²) in [6, 6.07) is 12.8. The van der Waals surface area contributed by atoms with Crippen molar-refractivity contribution in [1.82, 2.24) is 10.2 Å². The second-order valence-electron chi connectivity index (χ2n) is 8.35. The van der Waals surface area contributed by atoms with Crippen molar-refractivity contribution in [3.8, 4) is 17.2 Å². The van der Waals surface area contributed by atoms with Crippen LogP contribution in [0.2, 0.25) is 0 Å². The van der Waals surface area contributed by atoms with E-state index in [0.717, 1.165) is 18.8 Å². The Morgan fingerprint density at radius 2 is 1.61 bits per heavy atom. The largest absolute Gasteiger partial charge is 0.493 e. The van der Waals surface area contributed by atoms with Crippen molar-refractivity contribution in [3.63, 3.8) is 0 Å². The topological polar surface area (TPSA) is 102 Å². The minimum absolute atomic E-state index is 0.149. The lowest BCUT2D eigenvalue weighted by atomic mass is 9.90. The molecule has 2 aliphatic heterocycles. The van der Waals surface area contributed by atoms with E-state index in [0.29, 0.717) is 41.9 Å². The minimum Gasteiger partial charge on any atom is -0.493 e. The molecule has 2 aliphatic rings. The third-order valence-electron chi connectivity index (χ3n) is 6.39. The SMILES string of the molecule is CCOC(=O)[C@@H]1C(=O)NC(N2CCN(c3ccccc3)CC2)=N[C@H]1c1ccc(OC)c(OC)c1OC. The molecule has 0 bridgehead atoms. The van der Waals surface area contributed by atoms with E-state index in [2.05, 4.69) is 22.3 Å². The first-order valence-corrected chi connectivity index (χ1v) is 11.9. The number of methoxy groups -OCH3 is 3. The van der Waals surface area contributed by atoms with Crippen LogP contribution in [0.4, 0.5) is 5.69 Å². The highest BCUT2D eigenvalue weighted by Crippen LogP contribution is 2.45. The van der Waals surface area contributed by atoms with E-state index < -0.39 is 23.8 Å². The summed E-state index contributed by atoms with van der Waals surface area (Å²) in [4.78, 5) is 35.3. The van der Waals surface area contributed by atoms with Gasteiger partial charge in [0.1, 0.15) is 6.04 Å². The molecule has 0 saturated carbocycles. The lowest BCUT2D eigenvalue weighted by Crippen LogP contribution is -2.57. The zero-order valence-corrected chi connectivity index (χ0v) is 21.0. The van der Waals surface area contributed by atoms with Crippen molar-refractivity contribution in [2.45, 2.75) is 13.0 Å². The average molecular weight is 497 g/mol. The molecule has 10 heteroatoms. The Balaban J connectivity index is 1.68. The number of hydrogen-bond acceptors (Lipinski definition) is 9. The van der Waals surface area contributed by atoms with E-state index in [1.54, 1.807) is 19.1 Å². The molecule has 36 heavy (non-hydrogen) atoms. The molecule has 0 unspecified atom stereocenters. The summed E-state index contributed by atoms with van der Waals surface area (Å²) in [5.74, 6) is -0.685. The van der Waals surface area contributed by atoms with Crippen LogP contribution in [0.15, 0.2) is 47.5 Å². The molecule has 0 aliphatic carbocycles. The fourth-order valence-electron chi connectivity index (χ4n) is 4.62. The third kappa shape index (κ3) is 4.89. The summed E-state index contributed by atoms with van der Waals surface area (Å²) in [7, 11) is 4.52. The Morgan fingerprint density at radius 3 is 2.22 bits per heavy atom. The number of carbonyl (C=O) groups excluding carboxylic acids is 2. The van der Waals surface area contributed by atoms with Crippen LogP contribution in [0, 0.1) is 5.92 Å². The highest BCUT2D eigenvalue weighted by atomic mass is 16.5. The van der Waals surface area contributed by atoms with E-state index >= 15 is 0 Å². The molecular weight excluding hydrogens is 464 g/mol. The zero-order valence-electron chi connectivity index (χ0n) is 21.0. The van der Waals surface area contributed by atoms with E-state index in [4.69, 9.17) is 23.9 Å². The molecule has 0 spiro atoms. The number of esters is 1. The van der Waals surface area contributed by atoms with Crippen LogP contribution in [0.5, 0.6) is 17.2 Å². The van der Waals surface area contributed by atoms with Gasteiger partial charge in [0.25, 0.3) is 0 Å². The van der Waals surface area contributed by atoms with Gasteiger partial charge in [-0.25, -0.2) is 4.99 Å². The lowest BCUT2D eigenvalue weighted by Gasteiger charge is -2.39. The second kappa shape index (κ2) is 11.2. The zero-order chi connectivity index (χ0) is 25.7. The number of nitrogens with one attached hydrogen (secondary N) is 1. The lowest BCUT2D eigenvalue weighted by molar-refractivity contribution is -0.153. The first-order valence-electron chi connectivity index (χ1n) is 11.9. The standard InChI is InChI=1S/C26H32N4O6/c1-5-36-25(32)20-21(18-11-12-19(33-2)23(35-4)22(18)34-3)27-26(28-24(20)31)30-15-13-29(14-16-30)17-9-7-6-8-10-17/h6-12,20-21H,5,13-16H2,1-4H3,(H,27,28,31)/t20-,21-/m0/s1. The van der Waals surface area contributed by atoms with Crippen molar-refractivity contribution in [1.29, 1.82) is 0 Å². The van der Waals surface area contributed by atoms with Crippen LogP contribution in [0.3, 0.4) is 0 Å². The Bertz CT molecular complexity index is 1110. The molecule has 2 aromatic rings. The second-order valence-corrected chi connectivity index (χ2v) is 8.35. The number of amides is 1. The van der Waals surface area contributed by atoms with Crippen molar-refractivity contribution < 1.29 is 28.5 Å². The number of aliphatic imine (C=N–C) groups is 1. The predicted molar refractivity (Wildman–Crippen MR) is 135 cm³/mol. The molecule has 2 aromatic carbocycles. The molecule has 2 atom stereocenters. The minimum atomic E-state index is -1.17. The van der Waals surface area contributed by atoms with Crippen LogP contribution in [-0.2, 0) is 14.3 Å². The van der Waals surface area contributed by atoms with Gasteiger partial charge in [-0.05, 0) is 31.2 Å². The fraction of sp³-hybridized carbons (Fsp3) is 0.423. The summed E-state index contributed by atoms with van der Waals surface area (Å²) in [6.45, 7) is 4.71. The van der Waals surface area contributed by atoms with Crippen LogP contribution < -0.4 is 24.4 Å². The van der Waals surface area contributed by atoms with Crippen LogP contribution in [-0.4, -0.2) is 76.9 Å². The smallest absolute Gasteiger partial charge is 0.321 e. The number of nitrogens with zero attached hydrogens (tertiary/aromatic N) is 3. The number of piperazine rings is 1. The number of guanidine groups is 1. The number of rotatable bonds is 7. The summed E-state index contributed by atoms with van der Waals surface area (Å²) >= 11 is 0. The van der Waals surface area contributed by atoms with Gasteiger partial charge in [-0.15, -0.1) is 0 Å². The van der Waals surface area contributed by atoms with Crippen LogP contribution >= 0.6 is 0 Å². The highest BCUT2D eigenvalue weighted by molar-refractivity contribution is 6.08. The van der Waals surface area contributed by atoms with E-state index in [1.165, 1.54) is 21.3 Å². The number of benzene rings is 2. The average Bonchev–Trinajstić information content (AvgIpc) is 2.92. The van der Waals surface area contributed by atoms with Crippen molar-refractivity contribution >= 4 is 23.5 Å². The number of ether oxygens (including phenoxy) is 4. The molecule has 2 heterocycles. The van der Waals surface area contributed by atoms with Gasteiger partial charge in [0.15, 0.2) is 17.4 Å². The molecule has 0 aromatic heterocycles. The number of anilines is 1. The summed E-state index contributed by atoms with van der Waals surface area (Å²) in [6.07, 6.45) is 0. The van der Waals surface area contributed by atoms with E-state index in [1.807, 2.05) is 23.1 Å². The highest BCUT2D eigenvalue weighted by Gasteiger charge is 2.44. The Labute approximate surface area is 210 Å². The quantitative estimate of drug-likeness (QED) is 0.460. The van der Waals surface area contributed by atoms with Gasteiger partial charge < -0.3 is 28.7 Å². The molecule has 1 fully saturated rings. The molecule has 4 rings (SSSR count). The van der Waals surface area contributed by atoms with Crippen molar-refractivity contribution in [3.05, 3.63) is 48.0 Å². The van der Waals surface area contributed by atoms with Crippen LogP contribution in [0.1, 0.15) is 18.5 Å². The molecule has 1 N–H and O–H groups in total. The maximum atomic E-state index is 13.3. The van der Waals surface area contributed by atoms with Crippen LogP contribution in [0.25, 0.3) is 0 Å². The van der Waals surface area contributed by atoms with Gasteiger partial charge in [-0.1, -0.05) is 18.2 Å². The summed E-state index contributed by atoms with van der Waals surface area (Å²) in [5.41, 5.74) is 1.69. The number of carbonyl (C=O) groups is 2. The van der Waals surface area contributed by atoms with E-state index in [-0.39, 0.29) is 6.61 Å². The van der Waals surface area contributed by atoms with Gasteiger partial charge in [0.2, 0.25) is 17.6 Å². The normalized spacial score (nSPS) is 19.8. The molecule has 192 valence electrons. The first-order chi connectivity index (χ1) is 17.5. The van der Waals surface area contributed by atoms with Gasteiger partial charge in [0, 0.05) is 37.4 Å². The Hall–Kier alpha value is -3.95. The predicted octanol–water partition coefficient (Wildman–Crippen LogP) is 2.24. The van der Waals surface area contributed by atoms with Gasteiger partial charge in [-0.3, -0.25) is 14.9 Å². The monoisotopic (exact) mass is 496 g/mol. The number of para-hydroxylation sites is 1. The maximum Gasteiger partial charge on any atom is 0.321 e. The van der Waals surface area contributed by atoms with Gasteiger partial charge >= 0.3 is 5.97 Å². The van der Waals surface area contributed by atoms with E-state index in [9.17, 15) is 9.59 Å². The summed E-state index contributed by atoms with van der Waals surface area (Å²) in [5, 5.41) is 2.84. The van der Waals surface area contributed by atoms with Crippen molar-refractivity contribution in [2.24, 2.45) is 10.9 Å². The first kappa shape index (κ1) is 25.2. The van der Waals surface area contributed by atoms with Gasteiger partial charge in [0.05, 0.1) is 27.9 Å². The molecule has 10 nitrogen and oxygen atoms in total. The Kier molecular flexibility index (Phi) is 7.82. The van der Waals surface area contributed by atoms with Crippen molar-refractivity contribution in [2.75, 3.05) is 59.0 Å². The molecular formula is C26H32N4O6.